The van der Waals surface area contributed by atoms with E-state index in [1.807, 2.05) is 38.1 Å². The van der Waals surface area contributed by atoms with Gasteiger partial charge in [-0.1, -0.05) is 38.5 Å². The Balaban J connectivity index is 2.24. The molecule has 0 aliphatic heterocycles. The van der Waals surface area contributed by atoms with E-state index in [1.165, 1.54) is 0 Å². The number of nitrogens with one attached hydrogen (secondary N) is 4. The molecule has 5 atom stereocenters. The first-order valence-electron chi connectivity index (χ1n) is 11.3. The fourth-order valence-electron chi connectivity index (χ4n) is 3.43. The summed E-state index contributed by atoms with van der Waals surface area (Å²) in [6.07, 6.45) is 2.59. The van der Waals surface area contributed by atoms with Crippen molar-refractivity contribution >= 4 is 59.9 Å². The first-order chi connectivity index (χ1) is 16.6. The van der Waals surface area contributed by atoms with Crippen LogP contribution >= 0.6 is 25.3 Å². The Bertz CT molecular complexity index is 1050. The summed E-state index contributed by atoms with van der Waals surface area (Å²) in [4.78, 5) is 53.0. The average molecular weight is 524 g/mol. The number of carbonyl (C=O) groups is 4. The van der Waals surface area contributed by atoms with Crippen molar-refractivity contribution in [3.8, 4) is 0 Å². The van der Waals surface area contributed by atoms with Gasteiger partial charge in [-0.3, -0.25) is 14.4 Å². The number of aromatic amines is 1. The van der Waals surface area contributed by atoms with Crippen LogP contribution in [0.1, 0.15) is 25.8 Å². The van der Waals surface area contributed by atoms with Crippen molar-refractivity contribution in [3.63, 3.8) is 0 Å². The van der Waals surface area contributed by atoms with Crippen molar-refractivity contribution in [3.05, 3.63) is 36.0 Å². The third-order valence-electron chi connectivity index (χ3n) is 5.90. The standard InChI is InChI=1S/C23H33N5O5S2/c1-3-12(2)19(24)22(31)26-16(8-13-9-25-15-7-5-4-6-14(13)15)20(29)27-17(10-34)21(30)28-18(11-35)23(32)33/h4-7,9,12,16-19,25,34-35H,3,8,10-11,24H2,1-2H3,(H,26,31)(H,27,29)(H,28,30)(H,32,33). The maximum atomic E-state index is 13.2. The molecule has 0 spiro atoms. The van der Waals surface area contributed by atoms with Crippen molar-refractivity contribution in [1.29, 1.82) is 0 Å². The van der Waals surface area contributed by atoms with Gasteiger partial charge >= 0.3 is 5.97 Å². The number of para-hydroxylation sites is 1. The van der Waals surface area contributed by atoms with Crippen LogP contribution in [0.2, 0.25) is 0 Å². The van der Waals surface area contributed by atoms with Gasteiger partial charge in [-0.25, -0.2) is 4.79 Å². The smallest absolute Gasteiger partial charge is 0.327 e. The van der Waals surface area contributed by atoms with Crippen LogP contribution in [0, 0.1) is 5.92 Å². The van der Waals surface area contributed by atoms with E-state index in [0.717, 1.165) is 16.5 Å². The molecule has 0 aliphatic rings. The number of rotatable bonds is 13. The van der Waals surface area contributed by atoms with Crippen LogP contribution in [0.25, 0.3) is 10.9 Å². The third-order valence-corrected chi connectivity index (χ3v) is 6.63. The van der Waals surface area contributed by atoms with Crippen LogP contribution in [0.5, 0.6) is 0 Å². The number of carboxylic acids is 1. The second kappa shape index (κ2) is 13.4. The van der Waals surface area contributed by atoms with Crippen LogP contribution in [0.15, 0.2) is 30.5 Å². The van der Waals surface area contributed by atoms with Crippen molar-refractivity contribution in [2.45, 2.75) is 50.9 Å². The number of carbonyl (C=O) groups excluding carboxylic acids is 3. The molecule has 12 heteroatoms. The summed E-state index contributed by atoms with van der Waals surface area (Å²) >= 11 is 8.05. The van der Waals surface area contributed by atoms with Gasteiger partial charge in [0.1, 0.15) is 18.1 Å². The highest BCUT2D eigenvalue weighted by Gasteiger charge is 2.31. The summed E-state index contributed by atoms with van der Waals surface area (Å²) < 4.78 is 0. The molecule has 2 aromatic rings. The molecule has 0 saturated heterocycles. The minimum absolute atomic E-state index is 0.0867. The van der Waals surface area contributed by atoms with E-state index in [1.54, 1.807) is 6.20 Å². The van der Waals surface area contributed by atoms with Gasteiger partial charge in [-0.2, -0.15) is 25.3 Å². The number of aliphatic carboxylic acids is 1. The number of aromatic nitrogens is 1. The first kappa shape index (κ1) is 28.5. The lowest BCUT2D eigenvalue weighted by Gasteiger charge is -2.25. The van der Waals surface area contributed by atoms with Gasteiger partial charge < -0.3 is 31.8 Å². The van der Waals surface area contributed by atoms with Crippen molar-refractivity contribution < 1.29 is 24.3 Å². The number of H-pyrrole nitrogens is 1. The summed E-state index contributed by atoms with van der Waals surface area (Å²) in [6, 6.07) is 3.35. The van der Waals surface area contributed by atoms with E-state index in [4.69, 9.17) is 10.8 Å². The summed E-state index contributed by atoms with van der Waals surface area (Å²) in [5.74, 6) is -3.38. The summed E-state index contributed by atoms with van der Waals surface area (Å²) in [5, 5.41) is 17.7. The average Bonchev–Trinajstić information content (AvgIpc) is 3.26. The van der Waals surface area contributed by atoms with E-state index in [0.29, 0.717) is 6.42 Å². The second-order valence-electron chi connectivity index (χ2n) is 8.36. The number of amides is 3. The lowest BCUT2D eigenvalue weighted by molar-refractivity contribution is -0.141. The lowest BCUT2D eigenvalue weighted by atomic mass is 9.98. The monoisotopic (exact) mass is 523 g/mol. The van der Waals surface area contributed by atoms with Crippen molar-refractivity contribution in [1.82, 2.24) is 20.9 Å². The highest BCUT2D eigenvalue weighted by atomic mass is 32.1. The quantitative estimate of drug-likeness (QED) is 0.178. The zero-order valence-electron chi connectivity index (χ0n) is 19.7. The van der Waals surface area contributed by atoms with E-state index >= 15 is 0 Å². The van der Waals surface area contributed by atoms with Gasteiger partial charge in [-0.05, 0) is 17.5 Å². The number of hydrogen-bond donors (Lipinski definition) is 8. The number of nitrogens with two attached hydrogens (primary N) is 1. The zero-order valence-corrected chi connectivity index (χ0v) is 21.4. The maximum Gasteiger partial charge on any atom is 0.327 e. The number of carboxylic acid groups (broad SMARTS) is 1. The van der Waals surface area contributed by atoms with Gasteiger partial charge in [0.25, 0.3) is 0 Å². The third kappa shape index (κ3) is 7.64. The number of fused-ring (bicyclic) bond motifs is 1. The predicted molar refractivity (Wildman–Crippen MR) is 141 cm³/mol. The zero-order chi connectivity index (χ0) is 26.1. The van der Waals surface area contributed by atoms with Crippen LogP contribution in [-0.4, -0.2) is 69.5 Å². The number of hydrogen-bond acceptors (Lipinski definition) is 7. The van der Waals surface area contributed by atoms with E-state index in [9.17, 15) is 19.2 Å². The molecule has 7 N–H and O–H groups in total. The molecule has 1 heterocycles. The Morgan fingerprint density at radius 3 is 2.14 bits per heavy atom. The van der Waals surface area contributed by atoms with Crippen molar-refractivity contribution in [2.24, 2.45) is 11.7 Å². The summed E-state index contributed by atoms with van der Waals surface area (Å²) in [6.45, 7) is 3.76. The Hall–Kier alpha value is -2.70. The van der Waals surface area contributed by atoms with E-state index < -0.39 is 47.9 Å². The minimum Gasteiger partial charge on any atom is -0.480 e. The maximum absolute atomic E-state index is 13.2. The Morgan fingerprint density at radius 2 is 1.54 bits per heavy atom. The molecular weight excluding hydrogens is 490 g/mol. The molecular formula is C23H33N5O5S2. The molecule has 10 nitrogen and oxygen atoms in total. The summed E-state index contributed by atoms with van der Waals surface area (Å²) in [5.41, 5.74) is 7.74. The van der Waals surface area contributed by atoms with Gasteiger partial charge in [0.05, 0.1) is 6.04 Å². The van der Waals surface area contributed by atoms with Crippen molar-refractivity contribution in [2.75, 3.05) is 11.5 Å². The molecule has 0 radical (unpaired) electrons. The van der Waals surface area contributed by atoms with Gasteiger partial charge in [0.2, 0.25) is 17.7 Å². The van der Waals surface area contributed by atoms with Gasteiger partial charge in [0.15, 0.2) is 0 Å². The number of benzene rings is 1. The summed E-state index contributed by atoms with van der Waals surface area (Å²) in [7, 11) is 0. The molecule has 1 aromatic heterocycles. The van der Waals surface area contributed by atoms with Gasteiger partial charge in [0, 0.05) is 35.0 Å². The molecule has 2 rings (SSSR count). The van der Waals surface area contributed by atoms with Crippen LogP contribution < -0.4 is 21.7 Å². The molecule has 35 heavy (non-hydrogen) atoms. The van der Waals surface area contributed by atoms with E-state index in [2.05, 4.69) is 46.2 Å². The SMILES string of the molecule is CCC(C)C(N)C(=O)NC(Cc1c[nH]c2ccccc12)C(=O)NC(CS)C(=O)NC(CS)C(=O)O. The fraction of sp³-hybridized carbons (Fsp3) is 0.478. The molecule has 0 aliphatic carbocycles. The largest absolute Gasteiger partial charge is 0.480 e. The molecule has 0 bridgehead atoms. The van der Waals surface area contributed by atoms with Gasteiger partial charge in [-0.15, -0.1) is 0 Å². The molecule has 0 fully saturated rings. The Kier molecular flexibility index (Phi) is 10.9. The molecule has 1 aromatic carbocycles. The normalized spacial score (nSPS) is 15.5. The number of thiol groups is 2. The first-order valence-corrected chi connectivity index (χ1v) is 12.6. The highest BCUT2D eigenvalue weighted by Crippen LogP contribution is 2.19. The van der Waals surface area contributed by atoms with Crippen LogP contribution in [-0.2, 0) is 25.6 Å². The van der Waals surface area contributed by atoms with E-state index in [-0.39, 0.29) is 23.8 Å². The van der Waals surface area contributed by atoms with Crippen LogP contribution in [0.3, 0.4) is 0 Å². The Morgan fingerprint density at radius 1 is 0.971 bits per heavy atom. The highest BCUT2D eigenvalue weighted by molar-refractivity contribution is 7.80. The molecule has 5 unspecified atom stereocenters. The molecule has 192 valence electrons. The molecule has 0 saturated carbocycles. The fourth-order valence-corrected chi connectivity index (χ4v) is 3.94. The predicted octanol–water partition coefficient (Wildman–Crippen LogP) is 0.482. The van der Waals surface area contributed by atoms with Crippen LogP contribution in [0.4, 0.5) is 0 Å². The Labute approximate surface area is 215 Å². The minimum atomic E-state index is -1.25. The lowest BCUT2D eigenvalue weighted by Crippen LogP contribution is -2.58. The molecule has 3 amide bonds. The topological polar surface area (TPSA) is 166 Å². The second-order valence-corrected chi connectivity index (χ2v) is 9.09.